The second kappa shape index (κ2) is 9.31. The van der Waals surface area contributed by atoms with Crippen LogP contribution in [0.25, 0.3) is 0 Å². The van der Waals surface area contributed by atoms with Crippen molar-refractivity contribution in [3.8, 4) is 5.88 Å². The summed E-state index contributed by atoms with van der Waals surface area (Å²) in [6.45, 7) is 0.306. The Morgan fingerprint density at radius 3 is 2.26 bits per heavy atom. The van der Waals surface area contributed by atoms with Gasteiger partial charge in [0.15, 0.2) is 0 Å². The second-order valence-electron chi connectivity index (χ2n) is 12.4. The summed E-state index contributed by atoms with van der Waals surface area (Å²) >= 11 is 1.68. The number of aromatic nitrogens is 1. The molecule has 0 aliphatic heterocycles. The van der Waals surface area contributed by atoms with E-state index in [1.807, 2.05) is 0 Å². The SMILES string of the molecule is O=C(O)CC1(COc2noc(C(=O)NC34CC5CC(CC(C5)C3)C4)c2SC2CCCCC2)CCC1. The molecule has 0 saturated heterocycles. The lowest BCUT2D eigenvalue weighted by Crippen LogP contribution is -2.59. The van der Waals surface area contributed by atoms with Crippen LogP contribution in [0.4, 0.5) is 0 Å². The van der Waals surface area contributed by atoms with E-state index in [1.165, 1.54) is 38.5 Å². The fraction of sp³-hybridized carbons (Fsp3) is 0.815. The standard InChI is InChI=1S/C27H38N2O5S/c30-21(31)15-26(7-4-8-26)16-33-25-23(35-20-5-2-1-3-6-20)22(34-29-25)24(32)28-27-12-17-9-18(13-27)11-19(10-17)14-27/h17-20H,1-16H2,(H,28,32)(H,30,31). The zero-order valence-corrected chi connectivity index (χ0v) is 21.4. The highest BCUT2D eigenvalue weighted by Gasteiger charge is 2.52. The largest absolute Gasteiger partial charge is 0.481 e. The third-order valence-electron chi connectivity index (χ3n) is 9.54. The topological polar surface area (TPSA) is 102 Å². The number of nitrogens with one attached hydrogen (secondary N) is 1. The number of hydrogen-bond donors (Lipinski definition) is 2. The summed E-state index contributed by atoms with van der Waals surface area (Å²) in [7, 11) is 0. The van der Waals surface area contributed by atoms with E-state index in [1.54, 1.807) is 11.8 Å². The summed E-state index contributed by atoms with van der Waals surface area (Å²) in [6.07, 6.45) is 16.0. The highest BCUT2D eigenvalue weighted by molar-refractivity contribution is 8.00. The highest BCUT2D eigenvalue weighted by atomic mass is 32.2. The van der Waals surface area contributed by atoms with Crippen LogP contribution < -0.4 is 10.1 Å². The van der Waals surface area contributed by atoms with Gasteiger partial charge in [-0.2, -0.15) is 0 Å². The first-order valence-corrected chi connectivity index (χ1v) is 14.6. The van der Waals surface area contributed by atoms with Gasteiger partial charge < -0.3 is 19.7 Å². The number of hydrogen-bond acceptors (Lipinski definition) is 6. The number of carbonyl (C=O) groups is 2. The third kappa shape index (κ3) is 4.84. The number of thioether (sulfide) groups is 1. The van der Waals surface area contributed by atoms with Crippen LogP contribution in [-0.2, 0) is 4.79 Å². The Balaban J connectivity index is 1.21. The minimum Gasteiger partial charge on any atom is -0.481 e. The summed E-state index contributed by atoms with van der Waals surface area (Å²) in [4.78, 5) is 25.7. The monoisotopic (exact) mass is 502 g/mol. The first kappa shape index (κ1) is 23.7. The van der Waals surface area contributed by atoms with Crippen molar-refractivity contribution in [3.05, 3.63) is 5.76 Å². The second-order valence-corrected chi connectivity index (χ2v) is 13.7. The van der Waals surface area contributed by atoms with Crippen LogP contribution in [0, 0.1) is 23.2 Å². The van der Waals surface area contributed by atoms with Crippen LogP contribution in [0.1, 0.15) is 107 Å². The van der Waals surface area contributed by atoms with Gasteiger partial charge in [0, 0.05) is 16.2 Å². The van der Waals surface area contributed by atoms with E-state index < -0.39 is 5.97 Å². The molecule has 7 nitrogen and oxygen atoms in total. The summed E-state index contributed by atoms with van der Waals surface area (Å²) in [5.41, 5.74) is -0.428. The molecular formula is C27H38N2O5S. The maximum Gasteiger partial charge on any atom is 0.304 e. The number of rotatable bonds is 9. The summed E-state index contributed by atoms with van der Waals surface area (Å²) in [6, 6.07) is 0. The third-order valence-corrected chi connectivity index (χ3v) is 10.9. The van der Waals surface area contributed by atoms with Gasteiger partial charge in [0.25, 0.3) is 11.8 Å². The van der Waals surface area contributed by atoms with Crippen molar-refractivity contribution in [1.82, 2.24) is 10.5 Å². The minimum absolute atomic E-state index is 0.0934. The average Bonchev–Trinajstić information content (AvgIpc) is 3.17. The summed E-state index contributed by atoms with van der Waals surface area (Å²) in [5.74, 6) is 1.95. The lowest BCUT2D eigenvalue weighted by Gasteiger charge is -2.56. The molecule has 1 aromatic heterocycles. The van der Waals surface area contributed by atoms with E-state index in [-0.39, 0.29) is 29.0 Å². The lowest BCUT2D eigenvalue weighted by atomic mass is 9.53. The summed E-state index contributed by atoms with van der Waals surface area (Å²) in [5, 5.41) is 17.4. The van der Waals surface area contributed by atoms with Crippen LogP contribution in [-0.4, -0.2) is 39.5 Å². The molecule has 6 fully saturated rings. The molecule has 35 heavy (non-hydrogen) atoms. The average molecular weight is 503 g/mol. The molecule has 8 heteroatoms. The Morgan fingerprint density at radius 1 is 1.03 bits per heavy atom. The van der Waals surface area contributed by atoms with Gasteiger partial charge in [0.2, 0.25) is 5.76 Å². The number of aliphatic carboxylic acids is 1. The molecular weight excluding hydrogens is 464 g/mol. The zero-order valence-electron chi connectivity index (χ0n) is 20.6. The molecule has 0 spiro atoms. The van der Waals surface area contributed by atoms with Crippen LogP contribution in [0.5, 0.6) is 5.88 Å². The molecule has 6 aliphatic rings. The number of carboxylic acid groups (broad SMARTS) is 1. The lowest BCUT2D eigenvalue weighted by molar-refractivity contribution is -0.142. The van der Waals surface area contributed by atoms with Crippen molar-refractivity contribution in [2.24, 2.45) is 23.2 Å². The Labute approximate surface area is 211 Å². The predicted octanol–water partition coefficient (Wildman–Crippen LogP) is 5.82. The quantitative estimate of drug-likeness (QED) is 0.438. The Hall–Kier alpha value is -1.70. The molecule has 192 valence electrons. The van der Waals surface area contributed by atoms with Crippen LogP contribution in [0.15, 0.2) is 9.42 Å². The fourth-order valence-corrected chi connectivity index (χ4v) is 9.45. The zero-order chi connectivity index (χ0) is 24.0. The van der Waals surface area contributed by atoms with Crippen molar-refractivity contribution in [2.45, 2.75) is 112 Å². The number of ether oxygens (including phenoxy) is 1. The molecule has 0 unspecified atom stereocenters. The number of carboxylic acids is 1. The smallest absolute Gasteiger partial charge is 0.304 e. The van der Waals surface area contributed by atoms with Crippen LogP contribution >= 0.6 is 11.8 Å². The van der Waals surface area contributed by atoms with Crippen LogP contribution in [0.2, 0.25) is 0 Å². The van der Waals surface area contributed by atoms with Gasteiger partial charge in [0.05, 0.1) is 13.0 Å². The van der Waals surface area contributed by atoms with E-state index in [4.69, 9.17) is 9.26 Å². The molecule has 2 N–H and O–H groups in total. The predicted molar refractivity (Wildman–Crippen MR) is 132 cm³/mol. The maximum atomic E-state index is 13.6. The minimum atomic E-state index is -0.791. The molecule has 7 rings (SSSR count). The Morgan fingerprint density at radius 2 is 1.69 bits per heavy atom. The van der Waals surface area contributed by atoms with Crippen molar-refractivity contribution >= 4 is 23.6 Å². The molecule has 6 aliphatic carbocycles. The fourth-order valence-electron chi connectivity index (χ4n) is 8.11. The number of carbonyl (C=O) groups excluding carboxylic acids is 1. The normalized spacial score (nSPS) is 33.3. The van der Waals surface area contributed by atoms with Gasteiger partial charge in [-0.3, -0.25) is 9.59 Å². The maximum absolute atomic E-state index is 13.6. The Kier molecular flexibility index (Phi) is 6.30. The van der Waals surface area contributed by atoms with Gasteiger partial charge in [-0.25, -0.2) is 0 Å². The van der Waals surface area contributed by atoms with E-state index in [2.05, 4.69) is 10.5 Å². The molecule has 4 bridgehead atoms. The number of amides is 1. The van der Waals surface area contributed by atoms with Gasteiger partial charge in [0.1, 0.15) is 4.90 Å². The first-order chi connectivity index (χ1) is 16.9. The number of nitrogens with zero attached hydrogens (tertiary/aromatic N) is 1. The van der Waals surface area contributed by atoms with Gasteiger partial charge in [-0.1, -0.05) is 25.7 Å². The van der Waals surface area contributed by atoms with E-state index >= 15 is 0 Å². The van der Waals surface area contributed by atoms with E-state index in [0.29, 0.717) is 22.6 Å². The molecule has 0 radical (unpaired) electrons. The van der Waals surface area contributed by atoms with Crippen LogP contribution in [0.3, 0.4) is 0 Å². The highest BCUT2D eigenvalue weighted by Crippen LogP contribution is 2.56. The van der Waals surface area contributed by atoms with Crippen molar-refractivity contribution < 1.29 is 24.0 Å². The summed E-state index contributed by atoms with van der Waals surface area (Å²) < 4.78 is 11.8. The van der Waals surface area contributed by atoms with Crippen molar-refractivity contribution in [2.75, 3.05) is 6.61 Å². The Bertz CT molecular complexity index is 929. The molecule has 1 amide bonds. The van der Waals surface area contributed by atoms with Gasteiger partial charge in [-0.05, 0) is 87.1 Å². The molecule has 0 atom stereocenters. The molecule has 6 saturated carbocycles. The van der Waals surface area contributed by atoms with Crippen molar-refractivity contribution in [3.63, 3.8) is 0 Å². The van der Waals surface area contributed by atoms with Gasteiger partial charge >= 0.3 is 5.97 Å². The van der Waals surface area contributed by atoms with Gasteiger partial charge in [-0.15, -0.1) is 11.8 Å². The van der Waals surface area contributed by atoms with E-state index in [0.717, 1.165) is 69.1 Å². The van der Waals surface area contributed by atoms with Crippen molar-refractivity contribution in [1.29, 1.82) is 0 Å². The van der Waals surface area contributed by atoms with E-state index in [9.17, 15) is 14.7 Å². The first-order valence-electron chi connectivity index (χ1n) is 13.7. The molecule has 1 heterocycles. The molecule has 1 aromatic rings. The molecule has 0 aromatic carbocycles.